The highest BCUT2D eigenvalue weighted by Crippen LogP contribution is 2.27. The first-order chi connectivity index (χ1) is 18.7. The zero-order valence-corrected chi connectivity index (χ0v) is 23.9. The summed E-state index contributed by atoms with van der Waals surface area (Å²) in [5.41, 5.74) is 1.02. The molecule has 10 heteroatoms. The van der Waals surface area contributed by atoms with E-state index in [9.17, 15) is 18.0 Å². The molecule has 3 rings (SSSR count). The summed E-state index contributed by atoms with van der Waals surface area (Å²) in [7, 11) is -2.66. The van der Waals surface area contributed by atoms with Crippen LogP contribution in [0.25, 0.3) is 0 Å². The van der Waals surface area contributed by atoms with Crippen LogP contribution in [0.3, 0.4) is 0 Å². The molecule has 0 radical (unpaired) electrons. The summed E-state index contributed by atoms with van der Waals surface area (Å²) in [5.74, 6) is -0.372. The highest BCUT2D eigenvalue weighted by molar-refractivity contribution is 7.92. The Kier molecular flexibility index (Phi) is 10.8. The van der Waals surface area contributed by atoms with E-state index < -0.39 is 28.5 Å². The molecule has 0 unspecified atom stereocenters. The van der Waals surface area contributed by atoms with E-state index in [-0.39, 0.29) is 23.0 Å². The summed E-state index contributed by atoms with van der Waals surface area (Å²) in [4.78, 5) is 28.6. The van der Waals surface area contributed by atoms with Crippen molar-refractivity contribution < 1.29 is 22.7 Å². The molecule has 0 fully saturated rings. The van der Waals surface area contributed by atoms with Crippen molar-refractivity contribution >= 4 is 39.1 Å². The summed E-state index contributed by atoms with van der Waals surface area (Å²) in [6.07, 6.45) is 1.09. The molecular weight excluding hydrogens is 538 g/mol. The van der Waals surface area contributed by atoms with Gasteiger partial charge in [-0.15, -0.1) is 0 Å². The zero-order valence-electron chi connectivity index (χ0n) is 22.3. The number of benzene rings is 3. The first-order valence-corrected chi connectivity index (χ1v) is 14.6. The van der Waals surface area contributed by atoms with Gasteiger partial charge in [-0.2, -0.15) is 0 Å². The summed E-state index contributed by atoms with van der Waals surface area (Å²) >= 11 is 6.05. The molecule has 0 bridgehead atoms. The van der Waals surface area contributed by atoms with Gasteiger partial charge in [-0.1, -0.05) is 61.8 Å². The fraction of sp³-hybridized carbons (Fsp3) is 0.310. The lowest BCUT2D eigenvalue weighted by molar-refractivity contribution is -0.140. The Bertz CT molecular complexity index is 1350. The molecule has 0 heterocycles. The topological polar surface area (TPSA) is 96.0 Å². The lowest BCUT2D eigenvalue weighted by Gasteiger charge is -2.33. The molecule has 0 spiro atoms. The number of halogens is 1. The minimum atomic E-state index is -4.14. The van der Waals surface area contributed by atoms with Crippen LogP contribution in [0.4, 0.5) is 5.69 Å². The van der Waals surface area contributed by atoms with E-state index in [4.69, 9.17) is 16.3 Å². The van der Waals surface area contributed by atoms with Gasteiger partial charge in [0.25, 0.3) is 10.0 Å². The fourth-order valence-electron chi connectivity index (χ4n) is 4.09. The van der Waals surface area contributed by atoms with Gasteiger partial charge in [-0.3, -0.25) is 13.9 Å². The second-order valence-electron chi connectivity index (χ2n) is 8.89. The minimum Gasteiger partial charge on any atom is -0.497 e. The van der Waals surface area contributed by atoms with Gasteiger partial charge in [0.1, 0.15) is 18.3 Å². The molecule has 2 amide bonds. The number of amides is 2. The Labute approximate surface area is 235 Å². The number of methoxy groups -OCH3 is 1. The number of carbonyl (C=O) groups excluding carboxylic acids is 2. The Morgan fingerprint density at radius 1 is 0.974 bits per heavy atom. The largest absolute Gasteiger partial charge is 0.497 e. The third-order valence-corrected chi connectivity index (χ3v) is 8.19. The van der Waals surface area contributed by atoms with Gasteiger partial charge in [-0.05, 0) is 54.8 Å². The van der Waals surface area contributed by atoms with Crippen molar-refractivity contribution in [2.75, 3.05) is 24.5 Å². The van der Waals surface area contributed by atoms with Crippen molar-refractivity contribution in [1.82, 2.24) is 10.2 Å². The lowest BCUT2D eigenvalue weighted by Crippen LogP contribution is -2.52. The van der Waals surface area contributed by atoms with Crippen molar-refractivity contribution in [3.05, 3.63) is 89.4 Å². The van der Waals surface area contributed by atoms with Crippen molar-refractivity contribution in [3.63, 3.8) is 0 Å². The standard InChI is InChI=1S/C29H34ClN3O5S/c1-4-18-31-29(35)27(5-2)32(20-22-14-16-23(30)17-15-22)28(34)21-33(24-10-9-11-25(19-24)38-3)39(36,37)26-12-7-6-8-13-26/h6-17,19,27H,4-5,18,20-21H2,1-3H3,(H,31,35)/t27-/m1/s1. The van der Waals surface area contributed by atoms with Gasteiger partial charge < -0.3 is 15.0 Å². The highest BCUT2D eigenvalue weighted by atomic mass is 35.5. The van der Waals surface area contributed by atoms with Crippen LogP contribution in [-0.2, 0) is 26.2 Å². The number of sulfonamides is 1. The second-order valence-corrected chi connectivity index (χ2v) is 11.2. The number of hydrogen-bond acceptors (Lipinski definition) is 5. The van der Waals surface area contributed by atoms with E-state index in [1.54, 1.807) is 66.7 Å². The molecule has 39 heavy (non-hydrogen) atoms. The molecule has 0 aliphatic rings. The predicted octanol–water partition coefficient (Wildman–Crippen LogP) is 4.88. The van der Waals surface area contributed by atoms with Gasteiger partial charge in [0.2, 0.25) is 11.8 Å². The van der Waals surface area contributed by atoms with Crippen LogP contribution < -0.4 is 14.4 Å². The first-order valence-electron chi connectivity index (χ1n) is 12.7. The molecule has 0 aromatic heterocycles. The highest BCUT2D eigenvalue weighted by Gasteiger charge is 2.33. The average Bonchev–Trinajstić information content (AvgIpc) is 2.95. The lowest BCUT2D eigenvalue weighted by atomic mass is 10.1. The molecule has 1 atom stereocenters. The normalized spacial score (nSPS) is 11.9. The predicted molar refractivity (Wildman–Crippen MR) is 153 cm³/mol. The van der Waals surface area contributed by atoms with Gasteiger partial charge in [0, 0.05) is 24.2 Å². The Morgan fingerprint density at radius 3 is 2.28 bits per heavy atom. The number of ether oxygens (including phenoxy) is 1. The SMILES string of the molecule is CCCNC(=O)[C@@H](CC)N(Cc1ccc(Cl)cc1)C(=O)CN(c1cccc(OC)c1)S(=O)(=O)c1ccccc1. The van der Waals surface area contributed by atoms with Crippen LogP contribution in [0.1, 0.15) is 32.3 Å². The van der Waals surface area contributed by atoms with Crippen LogP contribution in [0.15, 0.2) is 83.8 Å². The molecule has 208 valence electrons. The monoisotopic (exact) mass is 571 g/mol. The number of carbonyl (C=O) groups is 2. The Hall–Kier alpha value is -3.56. The summed E-state index contributed by atoms with van der Waals surface area (Å²) in [5, 5.41) is 3.41. The Morgan fingerprint density at radius 2 is 1.67 bits per heavy atom. The molecular formula is C29H34ClN3O5S. The van der Waals surface area contributed by atoms with Gasteiger partial charge in [-0.25, -0.2) is 8.42 Å². The van der Waals surface area contributed by atoms with E-state index >= 15 is 0 Å². The molecule has 0 aliphatic heterocycles. The van der Waals surface area contributed by atoms with Crippen LogP contribution in [0.2, 0.25) is 5.02 Å². The van der Waals surface area contributed by atoms with Gasteiger partial charge >= 0.3 is 0 Å². The maximum Gasteiger partial charge on any atom is 0.264 e. The molecule has 0 saturated heterocycles. The fourth-order valence-corrected chi connectivity index (χ4v) is 5.64. The second kappa shape index (κ2) is 14.0. The summed E-state index contributed by atoms with van der Waals surface area (Å²) in [6.45, 7) is 3.81. The van der Waals surface area contributed by atoms with Crippen molar-refractivity contribution in [2.24, 2.45) is 0 Å². The number of anilines is 1. The van der Waals surface area contributed by atoms with Crippen LogP contribution >= 0.6 is 11.6 Å². The van der Waals surface area contributed by atoms with Gasteiger partial charge in [0.05, 0.1) is 17.7 Å². The quantitative estimate of drug-likeness (QED) is 0.315. The minimum absolute atomic E-state index is 0.0394. The van der Waals surface area contributed by atoms with E-state index in [1.165, 1.54) is 24.1 Å². The molecule has 0 saturated carbocycles. The smallest absolute Gasteiger partial charge is 0.264 e. The maximum absolute atomic E-state index is 14.0. The van der Waals surface area contributed by atoms with Crippen molar-refractivity contribution in [3.8, 4) is 5.75 Å². The summed E-state index contributed by atoms with van der Waals surface area (Å²) < 4.78 is 34.0. The molecule has 0 aliphatic carbocycles. The Balaban J connectivity index is 2.05. The zero-order chi connectivity index (χ0) is 28.4. The van der Waals surface area contributed by atoms with Crippen molar-refractivity contribution in [2.45, 2.75) is 44.2 Å². The number of hydrogen-bond donors (Lipinski definition) is 1. The van der Waals surface area contributed by atoms with E-state index in [0.717, 1.165) is 16.3 Å². The van der Waals surface area contributed by atoms with Crippen LogP contribution in [-0.4, -0.2) is 51.4 Å². The van der Waals surface area contributed by atoms with E-state index in [2.05, 4.69) is 5.32 Å². The van der Waals surface area contributed by atoms with Gasteiger partial charge in [0.15, 0.2) is 0 Å². The third-order valence-electron chi connectivity index (χ3n) is 6.15. The van der Waals surface area contributed by atoms with Crippen molar-refractivity contribution in [1.29, 1.82) is 0 Å². The van der Waals surface area contributed by atoms with E-state index in [1.807, 2.05) is 13.8 Å². The first kappa shape index (κ1) is 30.0. The number of nitrogens with one attached hydrogen (secondary N) is 1. The molecule has 3 aromatic rings. The average molecular weight is 572 g/mol. The van der Waals surface area contributed by atoms with Crippen LogP contribution in [0, 0.1) is 0 Å². The number of nitrogens with zero attached hydrogens (tertiary/aromatic N) is 2. The maximum atomic E-state index is 14.0. The third kappa shape index (κ3) is 7.74. The molecule has 8 nitrogen and oxygen atoms in total. The van der Waals surface area contributed by atoms with E-state index in [0.29, 0.717) is 23.7 Å². The molecule has 3 aromatic carbocycles. The van der Waals surface area contributed by atoms with Crippen LogP contribution in [0.5, 0.6) is 5.75 Å². The number of rotatable bonds is 13. The molecule has 1 N–H and O–H groups in total. The summed E-state index contributed by atoms with van der Waals surface area (Å²) in [6, 6.07) is 20.6.